The van der Waals surface area contributed by atoms with Crippen LogP contribution < -0.4 is 5.32 Å². The largest absolute Gasteiger partial charge is 0.373 e. The van der Waals surface area contributed by atoms with Crippen molar-refractivity contribution in [1.29, 1.82) is 0 Å². The second-order valence-corrected chi connectivity index (χ2v) is 7.15. The van der Waals surface area contributed by atoms with E-state index in [0.29, 0.717) is 0 Å². The maximum Gasteiger partial charge on any atom is 0.163 e. The van der Waals surface area contributed by atoms with Crippen LogP contribution in [-0.4, -0.2) is 17.0 Å². The molecule has 0 aliphatic rings. The number of rotatable bonds is 2. The first kappa shape index (κ1) is 13.0. The van der Waals surface area contributed by atoms with Gasteiger partial charge in [0.2, 0.25) is 0 Å². The number of benzene rings is 1. The van der Waals surface area contributed by atoms with Crippen molar-refractivity contribution in [3.63, 3.8) is 0 Å². The Hall–Kier alpha value is -0.980. The van der Waals surface area contributed by atoms with Crippen molar-refractivity contribution < 1.29 is 0 Å². The summed E-state index contributed by atoms with van der Waals surface area (Å²) in [5, 5.41) is 6.19. The summed E-state index contributed by atoms with van der Waals surface area (Å²) in [7, 11) is 1.87. The molecule has 0 saturated carbocycles. The Balaban J connectivity index is 2.25. The second kappa shape index (κ2) is 5.19. The Bertz CT molecular complexity index is 755. The highest BCUT2D eigenvalue weighted by Gasteiger charge is 2.10. The predicted octanol–water partition coefficient (Wildman–Crippen LogP) is 4.93. The van der Waals surface area contributed by atoms with Gasteiger partial charge in [-0.1, -0.05) is 15.9 Å². The van der Waals surface area contributed by atoms with Gasteiger partial charge >= 0.3 is 0 Å². The van der Waals surface area contributed by atoms with Crippen LogP contribution in [0.15, 0.2) is 37.9 Å². The fraction of sp³-hybridized carbons (Fsp3) is 0.0769. The van der Waals surface area contributed by atoms with E-state index < -0.39 is 0 Å². The molecule has 0 aliphatic carbocycles. The van der Waals surface area contributed by atoms with E-state index >= 15 is 0 Å². The molecular weight excluding hydrogens is 390 g/mol. The first-order valence-electron chi connectivity index (χ1n) is 5.57. The number of aromatic nitrogens is 2. The van der Waals surface area contributed by atoms with Gasteiger partial charge < -0.3 is 5.32 Å². The van der Waals surface area contributed by atoms with Crippen LogP contribution >= 0.6 is 43.2 Å². The Kier molecular flexibility index (Phi) is 3.56. The van der Waals surface area contributed by atoms with E-state index in [9.17, 15) is 0 Å². The molecule has 19 heavy (non-hydrogen) atoms. The number of nitrogens with zero attached hydrogens (tertiary/aromatic N) is 2. The average Bonchev–Trinajstić information content (AvgIpc) is 2.84. The quantitative estimate of drug-likeness (QED) is 0.665. The topological polar surface area (TPSA) is 37.8 Å². The molecule has 2 heterocycles. The van der Waals surface area contributed by atoms with Crippen molar-refractivity contribution in [2.24, 2.45) is 0 Å². The van der Waals surface area contributed by atoms with Crippen LogP contribution in [0.25, 0.3) is 22.3 Å². The zero-order valence-electron chi connectivity index (χ0n) is 9.95. The van der Waals surface area contributed by atoms with Gasteiger partial charge in [-0.3, -0.25) is 0 Å². The third kappa shape index (κ3) is 2.52. The summed E-state index contributed by atoms with van der Waals surface area (Å²) in [6.45, 7) is 0. The summed E-state index contributed by atoms with van der Waals surface area (Å²) in [4.78, 5) is 9.21. The molecule has 96 valence electrons. The molecule has 0 fully saturated rings. The van der Waals surface area contributed by atoms with Gasteiger partial charge in [0.05, 0.1) is 9.30 Å². The minimum Gasteiger partial charge on any atom is -0.373 e. The van der Waals surface area contributed by atoms with Gasteiger partial charge in [0.15, 0.2) is 5.82 Å². The molecule has 0 saturated heterocycles. The lowest BCUT2D eigenvalue weighted by atomic mass is 10.2. The lowest BCUT2D eigenvalue weighted by molar-refractivity contribution is 1.22. The van der Waals surface area contributed by atoms with Crippen LogP contribution in [0.1, 0.15) is 0 Å². The molecule has 1 N–H and O–H groups in total. The van der Waals surface area contributed by atoms with E-state index in [4.69, 9.17) is 0 Å². The molecule has 1 aromatic carbocycles. The number of hydrogen-bond donors (Lipinski definition) is 1. The normalized spacial score (nSPS) is 10.9. The van der Waals surface area contributed by atoms with Crippen molar-refractivity contribution in [1.82, 2.24) is 9.97 Å². The molecule has 0 spiro atoms. The fourth-order valence-electron chi connectivity index (χ4n) is 1.85. The lowest BCUT2D eigenvalue weighted by Gasteiger charge is -2.07. The van der Waals surface area contributed by atoms with Crippen molar-refractivity contribution in [3.8, 4) is 11.4 Å². The molecular formula is C13H9Br2N3S. The minimum atomic E-state index is 0.737. The zero-order valence-corrected chi connectivity index (χ0v) is 13.9. The van der Waals surface area contributed by atoms with Crippen LogP contribution in [0.5, 0.6) is 0 Å². The molecule has 0 bridgehead atoms. The van der Waals surface area contributed by atoms with Gasteiger partial charge in [0.1, 0.15) is 5.82 Å². The molecule has 6 heteroatoms. The minimum absolute atomic E-state index is 0.737. The molecule has 0 aliphatic heterocycles. The fourth-order valence-corrected chi connectivity index (χ4v) is 3.34. The number of anilines is 1. The van der Waals surface area contributed by atoms with E-state index in [1.54, 1.807) is 11.3 Å². The van der Waals surface area contributed by atoms with Crippen LogP contribution in [-0.2, 0) is 0 Å². The molecule has 3 aromatic rings. The Morgan fingerprint density at radius 3 is 2.68 bits per heavy atom. The number of hydrogen-bond acceptors (Lipinski definition) is 4. The van der Waals surface area contributed by atoms with Crippen molar-refractivity contribution in [3.05, 3.63) is 37.9 Å². The standard InChI is InChI=1S/C13H9Br2N3S/c1-16-13-9-5-8(14)2-3-10(9)17-12(18-13)7-4-11(15)19-6-7/h2-6H,1H3,(H,16,17,18). The molecule has 0 radical (unpaired) electrons. The lowest BCUT2D eigenvalue weighted by Crippen LogP contribution is -1.98. The molecule has 0 amide bonds. The highest BCUT2D eigenvalue weighted by atomic mass is 79.9. The van der Waals surface area contributed by atoms with Gasteiger partial charge in [0.25, 0.3) is 0 Å². The third-order valence-electron chi connectivity index (χ3n) is 2.72. The smallest absolute Gasteiger partial charge is 0.163 e. The van der Waals surface area contributed by atoms with E-state index in [1.165, 1.54) is 0 Å². The first-order valence-corrected chi connectivity index (χ1v) is 8.03. The average molecular weight is 399 g/mol. The summed E-state index contributed by atoms with van der Waals surface area (Å²) in [5.74, 6) is 1.57. The van der Waals surface area contributed by atoms with E-state index in [0.717, 1.165) is 36.4 Å². The summed E-state index contributed by atoms with van der Waals surface area (Å²) in [6, 6.07) is 8.04. The highest BCUT2D eigenvalue weighted by Crippen LogP contribution is 2.30. The maximum atomic E-state index is 4.62. The van der Waals surface area contributed by atoms with E-state index in [-0.39, 0.29) is 0 Å². The number of thiophene rings is 1. The molecule has 2 aromatic heterocycles. The second-order valence-electron chi connectivity index (χ2n) is 3.95. The summed E-state index contributed by atoms with van der Waals surface area (Å²) < 4.78 is 2.10. The van der Waals surface area contributed by atoms with Crippen LogP contribution in [0.2, 0.25) is 0 Å². The van der Waals surface area contributed by atoms with E-state index in [1.807, 2.05) is 36.7 Å². The zero-order chi connectivity index (χ0) is 13.4. The van der Waals surface area contributed by atoms with Gasteiger partial charge in [-0.05, 0) is 40.2 Å². The molecule has 3 nitrogen and oxygen atoms in total. The summed E-state index contributed by atoms with van der Waals surface area (Å²) >= 11 is 8.57. The van der Waals surface area contributed by atoms with Crippen molar-refractivity contribution in [2.75, 3.05) is 12.4 Å². The molecule has 0 atom stereocenters. The Labute approximate surface area is 131 Å². The molecule has 3 rings (SSSR count). The Morgan fingerprint density at radius 2 is 2.00 bits per heavy atom. The van der Waals surface area contributed by atoms with Crippen LogP contribution in [0, 0.1) is 0 Å². The monoisotopic (exact) mass is 397 g/mol. The van der Waals surface area contributed by atoms with Crippen LogP contribution in [0.3, 0.4) is 0 Å². The van der Waals surface area contributed by atoms with Crippen molar-refractivity contribution in [2.45, 2.75) is 0 Å². The predicted molar refractivity (Wildman–Crippen MR) is 87.8 cm³/mol. The van der Waals surface area contributed by atoms with Gasteiger partial charge in [0, 0.05) is 27.9 Å². The van der Waals surface area contributed by atoms with Crippen LogP contribution in [0.4, 0.5) is 5.82 Å². The third-order valence-corrected chi connectivity index (χ3v) is 4.72. The maximum absolute atomic E-state index is 4.62. The van der Waals surface area contributed by atoms with Crippen molar-refractivity contribution >= 4 is 59.9 Å². The number of nitrogens with one attached hydrogen (secondary N) is 1. The summed E-state index contributed by atoms with van der Waals surface area (Å²) in [5.41, 5.74) is 1.96. The van der Waals surface area contributed by atoms with Gasteiger partial charge in [-0.25, -0.2) is 9.97 Å². The summed E-state index contributed by atoms with van der Waals surface area (Å²) in [6.07, 6.45) is 0. The van der Waals surface area contributed by atoms with Gasteiger partial charge in [-0.2, -0.15) is 0 Å². The highest BCUT2D eigenvalue weighted by molar-refractivity contribution is 9.11. The molecule has 0 unspecified atom stereocenters. The number of halogens is 2. The van der Waals surface area contributed by atoms with E-state index in [2.05, 4.69) is 47.1 Å². The first-order chi connectivity index (χ1) is 9.17. The number of fused-ring (bicyclic) bond motifs is 1. The SMILES string of the molecule is CNc1nc(-c2csc(Br)c2)nc2ccc(Br)cc12. The Morgan fingerprint density at radius 1 is 1.16 bits per heavy atom. The van der Waals surface area contributed by atoms with Gasteiger partial charge in [-0.15, -0.1) is 11.3 Å².